The minimum Gasteiger partial charge on any atom is -0.492 e. The molecule has 2 aromatic heterocycles. The van der Waals surface area contributed by atoms with Gasteiger partial charge in [0.25, 0.3) is 5.91 Å². The van der Waals surface area contributed by atoms with Crippen LogP contribution in [0.15, 0.2) is 48.8 Å². The largest absolute Gasteiger partial charge is 0.492 e. The molecule has 37 heavy (non-hydrogen) atoms. The van der Waals surface area contributed by atoms with Gasteiger partial charge in [-0.1, -0.05) is 22.9 Å². The highest BCUT2D eigenvalue weighted by molar-refractivity contribution is 5.93. The van der Waals surface area contributed by atoms with Crippen LogP contribution in [0.4, 0.5) is 11.6 Å². The number of anilines is 2. The predicted molar refractivity (Wildman–Crippen MR) is 136 cm³/mol. The number of likely N-dealkylation sites (N-methyl/N-ethyl adjacent to an activating group) is 1. The molecule has 0 radical (unpaired) electrons. The number of hydrogen-bond donors (Lipinski definition) is 2. The molecule has 0 saturated carbocycles. The van der Waals surface area contributed by atoms with Crippen molar-refractivity contribution in [2.45, 2.75) is 32.1 Å². The first-order valence-corrected chi connectivity index (χ1v) is 12.0. The molecule has 2 atom stereocenters. The normalized spacial score (nSPS) is 16.7. The van der Waals surface area contributed by atoms with Crippen LogP contribution in [0.25, 0.3) is 0 Å². The van der Waals surface area contributed by atoms with Crippen molar-refractivity contribution in [1.29, 1.82) is 0 Å². The van der Waals surface area contributed by atoms with Crippen molar-refractivity contribution >= 4 is 23.5 Å². The lowest BCUT2D eigenvalue weighted by atomic mass is 10.2. The van der Waals surface area contributed by atoms with E-state index >= 15 is 0 Å². The fourth-order valence-corrected chi connectivity index (χ4v) is 3.64. The Labute approximate surface area is 214 Å². The maximum atomic E-state index is 12.6. The quantitative estimate of drug-likeness (QED) is 0.396. The summed E-state index contributed by atoms with van der Waals surface area (Å²) in [6.45, 7) is 3.07. The molecule has 196 valence electrons. The number of aromatic nitrogens is 4. The molecule has 3 aromatic rings. The second-order valence-corrected chi connectivity index (χ2v) is 8.69. The van der Waals surface area contributed by atoms with Crippen molar-refractivity contribution in [3.05, 3.63) is 54.4 Å². The van der Waals surface area contributed by atoms with Crippen molar-refractivity contribution in [1.82, 2.24) is 24.9 Å². The number of amides is 2. The van der Waals surface area contributed by atoms with Gasteiger partial charge in [-0.05, 0) is 25.1 Å². The van der Waals surface area contributed by atoms with Gasteiger partial charge in [0.15, 0.2) is 5.82 Å². The molecular formula is C25H31N7O5. The second kappa shape index (κ2) is 12.2. The van der Waals surface area contributed by atoms with Crippen LogP contribution in [0.5, 0.6) is 11.5 Å². The highest BCUT2D eigenvalue weighted by atomic mass is 16.6. The van der Waals surface area contributed by atoms with E-state index in [0.717, 1.165) is 11.3 Å². The van der Waals surface area contributed by atoms with Crippen molar-refractivity contribution < 1.29 is 23.8 Å². The maximum absolute atomic E-state index is 12.6. The van der Waals surface area contributed by atoms with E-state index < -0.39 is 6.10 Å². The van der Waals surface area contributed by atoms with Crippen molar-refractivity contribution in [3.63, 3.8) is 0 Å². The monoisotopic (exact) mass is 509 g/mol. The molecule has 0 spiro atoms. The second-order valence-electron chi connectivity index (χ2n) is 8.69. The molecular weight excluding hydrogens is 478 g/mol. The van der Waals surface area contributed by atoms with Crippen LogP contribution in [0.1, 0.15) is 12.0 Å². The lowest BCUT2D eigenvalue weighted by Crippen LogP contribution is -2.33. The lowest BCUT2D eigenvalue weighted by Gasteiger charge is -2.17. The summed E-state index contributed by atoms with van der Waals surface area (Å²) < 4.78 is 18.6. The van der Waals surface area contributed by atoms with E-state index in [4.69, 9.17) is 14.2 Å². The van der Waals surface area contributed by atoms with Crippen LogP contribution >= 0.6 is 0 Å². The topological polar surface area (TPSA) is 133 Å². The van der Waals surface area contributed by atoms with Gasteiger partial charge < -0.3 is 29.7 Å². The number of aryl methyl sites for hydroxylation is 1. The molecule has 0 unspecified atom stereocenters. The first-order chi connectivity index (χ1) is 17.9. The Bertz CT molecular complexity index is 1200. The highest BCUT2D eigenvalue weighted by Crippen LogP contribution is 2.22. The molecule has 0 aliphatic carbocycles. The zero-order valence-electron chi connectivity index (χ0n) is 21.1. The third kappa shape index (κ3) is 7.40. The van der Waals surface area contributed by atoms with Gasteiger partial charge in [0.05, 0.1) is 19.3 Å². The van der Waals surface area contributed by atoms with Crippen molar-refractivity contribution in [2.75, 3.05) is 44.5 Å². The summed E-state index contributed by atoms with van der Waals surface area (Å²) in [5.74, 6) is 1.83. The summed E-state index contributed by atoms with van der Waals surface area (Å²) in [4.78, 5) is 30.9. The zero-order valence-corrected chi connectivity index (χ0v) is 21.1. The van der Waals surface area contributed by atoms with E-state index in [2.05, 4.69) is 25.9 Å². The Morgan fingerprint density at radius 2 is 2.00 bits per heavy atom. The Morgan fingerprint density at radius 1 is 1.19 bits per heavy atom. The number of nitrogens with zero attached hydrogens (tertiary/aromatic N) is 5. The van der Waals surface area contributed by atoms with Crippen LogP contribution in [0.2, 0.25) is 0 Å². The fraction of sp³-hybridized carbons (Fsp3) is 0.400. The lowest BCUT2D eigenvalue weighted by molar-refractivity contribution is -0.131. The smallest absolute Gasteiger partial charge is 0.254 e. The minimum atomic E-state index is -0.679. The molecule has 1 aliphatic heterocycles. The summed E-state index contributed by atoms with van der Waals surface area (Å²) in [5, 5.41) is 13.5. The predicted octanol–water partition coefficient (Wildman–Crippen LogP) is 1.74. The van der Waals surface area contributed by atoms with Gasteiger partial charge >= 0.3 is 0 Å². The van der Waals surface area contributed by atoms with Crippen LogP contribution in [-0.2, 0) is 20.9 Å². The van der Waals surface area contributed by atoms with Crippen LogP contribution in [0, 0.1) is 6.92 Å². The Balaban J connectivity index is 1.19. The summed E-state index contributed by atoms with van der Waals surface area (Å²) in [6.07, 6.45) is 2.60. The minimum absolute atomic E-state index is 0.0136. The average molecular weight is 510 g/mol. The molecule has 2 amide bonds. The number of rotatable bonds is 11. The maximum Gasteiger partial charge on any atom is 0.254 e. The molecule has 1 fully saturated rings. The van der Waals surface area contributed by atoms with Gasteiger partial charge in [-0.25, -0.2) is 9.67 Å². The highest BCUT2D eigenvalue weighted by Gasteiger charge is 2.32. The standard InChI is InChI=1S/C25H31N7O5/c1-17-4-6-18(7-5-17)35-11-10-31(3)24(33)15-32-14-23(29-30-32)28-25(34)21-12-20(16-36-21)37-19-8-9-27-22(13-19)26-2/h4-9,13-14,20-21H,10-12,15-16H2,1-3H3,(H,26,27)(H,28,34)/t20-,21+/m0/s1. The van der Waals surface area contributed by atoms with Gasteiger partial charge in [0.2, 0.25) is 5.91 Å². The Hall–Kier alpha value is -4.19. The van der Waals surface area contributed by atoms with Gasteiger partial charge in [-0.2, -0.15) is 0 Å². The van der Waals surface area contributed by atoms with Crippen LogP contribution < -0.4 is 20.1 Å². The van der Waals surface area contributed by atoms with E-state index in [1.165, 1.54) is 10.9 Å². The number of nitrogens with one attached hydrogen (secondary N) is 2. The number of carbonyl (C=O) groups excluding carboxylic acids is 2. The third-order valence-electron chi connectivity index (χ3n) is 5.77. The molecule has 0 bridgehead atoms. The SMILES string of the molecule is CNc1cc(O[C@@H]2CO[C@@H](C(=O)Nc3cn(CC(=O)N(C)CCOc4ccc(C)cc4)nn3)C2)ccn1. The third-order valence-corrected chi connectivity index (χ3v) is 5.77. The molecule has 2 N–H and O–H groups in total. The molecule has 1 saturated heterocycles. The molecule has 1 aromatic carbocycles. The van der Waals surface area contributed by atoms with E-state index in [-0.39, 0.29) is 36.9 Å². The number of hydrogen-bond acceptors (Lipinski definition) is 9. The summed E-state index contributed by atoms with van der Waals surface area (Å²) >= 11 is 0. The summed E-state index contributed by atoms with van der Waals surface area (Å²) in [6, 6.07) is 11.3. The number of carbonyl (C=O) groups is 2. The average Bonchev–Trinajstić information content (AvgIpc) is 3.54. The van der Waals surface area contributed by atoms with Crippen molar-refractivity contribution in [3.8, 4) is 11.5 Å². The number of benzene rings is 1. The molecule has 12 nitrogen and oxygen atoms in total. The Morgan fingerprint density at radius 3 is 2.78 bits per heavy atom. The van der Waals surface area contributed by atoms with E-state index in [1.54, 1.807) is 37.3 Å². The number of pyridine rings is 1. The Kier molecular flexibility index (Phi) is 8.52. The van der Waals surface area contributed by atoms with E-state index in [9.17, 15) is 9.59 Å². The fourth-order valence-electron chi connectivity index (χ4n) is 3.64. The van der Waals surface area contributed by atoms with Gasteiger partial charge in [0, 0.05) is 32.8 Å². The van der Waals surface area contributed by atoms with Gasteiger partial charge in [0.1, 0.15) is 42.7 Å². The zero-order chi connectivity index (χ0) is 26.2. The molecule has 4 rings (SSSR count). The molecule has 1 aliphatic rings. The van der Waals surface area contributed by atoms with Crippen LogP contribution in [0.3, 0.4) is 0 Å². The first kappa shape index (κ1) is 25.9. The van der Waals surface area contributed by atoms with Crippen molar-refractivity contribution in [2.24, 2.45) is 0 Å². The molecule has 12 heteroatoms. The number of ether oxygens (including phenoxy) is 3. The summed E-state index contributed by atoms with van der Waals surface area (Å²) in [7, 11) is 3.47. The van der Waals surface area contributed by atoms with E-state index in [1.807, 2.05) is 31.2 Å². The molecule has 3 heterocycles. The van der Waals surface area contributed by atoms with Gasteiger partial charge in [-0.15, -0.1) is 5.10 Å². The summed E-state index contributed by atoms with van der Waals surface area (Å²) in [5.41, 5.74) is 1.15. The van der Waals surface area contributed by atoms with Crippen LogP contribution in [-0.4, -0.2) is 82.8 Å². The van der Waals surface area contributed by atoms with E-state index in [0.29, 0.717) is 31.1 Å². The van der Waals surface area contributed by atoms with Gasteiger partial charge in [-0.3, -0.25) is 9.59 Å². The first-order valence-electron chi connectivity index (χ1n) is 12.0.